The van der Waals surface area contributed by atoms with Gasteiger partial charge in [0.2, 0.25) is 0 Å². The number of nitrogens with zero attached hydrogens (tertiary/aromatic N) is 2. The molecule has 23 heavy (non-hydrogen) atoms. The van der Waals surface area contributed by atoms with Crippen LogP contribution >= 0.6 is 0 Å². The molecule has 1 heterocycles. The van der Waals surface area contributed by atoms with Crippen molar-refractivity contribution in [1.82, 2.24) is 15.3 Å². The van der Waals surface area contributed by atoms with Crippen LogP contribution in [0.2, 0.25) is 0 Å². The Morgan fingerprint density at radius 3 is 2.57 bits per heavy atom. The summed E-state index contributed by atoms with van der Waals surface area (Å²) < 4.78 is 5.12. The van der Waals surface area contributed by atoms with Crippen LogP contribution in [-0.2, 0) is 6.54 Å². The zero-order chi connectivity index (χ0) is 16.5. The Morgan fingerprint density at radius 1 is 1.17 bits per heavy atom. The van der Waals surface area contributed by atoms with Gasteiger partial charge in [-0.2, -0.15) is 0 Å². The number of unbranched alkanes of at least 4 members (excludes halogenated alkanes) is 1. The van der Waals surface area contributed by atoms with E-state index in [2.05, 4.69) is 27.5 Å². The van der Waals surface area contributed by atoms with Gasteiger partial charge in [0.25, 0.3) is 5.91 Å². The van der Waals surface area contributed by atoms with Gasteiger partial charge in [0.15, 0.2) is 0 Å². The molecule has 1 amide bonds. The molecule has 0 atom stereocenters. The maximum Gasteiger partial charge on any atom is 0.271 e. The molecule has 122 valence electrons. The summed E-state index contributed by atoms with van der Waals surface area (Å²) >= 11 is 0. The molecule has 2 rings (SSSR count). The number of methoxy groups -OCH3 is 1. The van der Waals surface area contributed by atoms with E-state index in [0.717, 1.165) is 24.2 Å². The Balaban J connectivity index is 1.85. The zero-order valence-corrected chi connectivity index (χ0v) is 13.5. The number of carbonyl (C=O) groups excluding carboxylic acids is 1. The second kappa shape index (κ2) is 8.73. The molecule has 1 aromatic heterocycles. The number of hydrogen-bond acceptors (Lipinski definition) is 5. The van der Waals surface area contributed by atoms with E-state index in [1.165, 1.54) is 6.20 Å². The van der Waals surface area contributed by atoms with E-state index < -0.39 is 0 Å². The van der Waals surface area contributed by atoms with E-state index in [1.807, 2.05) is 24.3 Å². The van der Waals surface area contributed by atoms with E-state index >= 15 is 0 Å². The number of rotatable bonds is 8. The number of carbonyl (C=O) groups is 1. The molecule has 0 bridgehead atoms. The smallest absolute Gasteiger partial charge is 0.271 e. The molecule has 1 aromatic carbocycles. The lowest BCUT2D eigenvalue weighted by Crippen LogP contribution is -2.25. The normalized spacial score (nSPS) is 10.2. The van der Waals surface area contributed by atoms with Crippen LogP contribution in [0.15, 0.2) is 36.7 Å². The summed E-state index contributed by atoms with van der Waals surface area (Å²) in [7, 11) is 1.64. The van der Waals surface area contributed by atoms with Crippen LogP contribution in [0.5, 0.6) is 5.75 Å². The van der Waals surface area contributed by atoms with Gasteiger partial charge >= 0.3 is 0 Å². The number of aromatic nitrogens is 2. The average molecular weight is 314 g/mol. The first-order valence-corrected chi connectivity index (χ1v) is 7.70. The Kier molecular flexibility index (Phi) is 6.35. The molecule has 6 nitrogen and oxygen atoms in total. The molecular weight excluding hydrogens is 292 g/mol. The number of ether oxygens (including phenoxy) is 1. The molecule has 0 saturated heterocycles. The van der Waals surface area contributed by atoms with Crippen LogP contribution in [-0.4, -0.2) is 29.5 Å². The van der Waals surface area contributed by atoms with Crippen molar-refractivity contribution in [3.63, 3.8) is 0 Å². The fraction of sp³-hybridized carbons (Fsp3) is 0.353. The lowest BCUT2D eigenvalue weighted by molar-refractivity contribution is 0.0948. The van der Waals surface area contributed by atoms with Crippen molar-refractivity contribution < 1.29 is 9.53 Å². The summed E-state index contributed by atoms with van der Waals surface area (Å²) in [4.78, 5) is 20.2. The summed E-state index contributed by atoms with van der Waals surface area (Å²) in [5.74, 6) is 1.27. The highest BCUT2D eigenvalue weighted by atomic mass is 16.5. The number of amides is 1. The minimum Gasteiger partial charge on any atom is -0.497 e. The molecule has 0 radical (unpaired) electrons. The third kappa shape index (κ3) is 5.25. The lowest BCUT2D eigenvalue weighted by Gasteiger charge is -2.07. The predicted molar refractivity (Wildman–Crippen MR) is 89.6 cm³/mol. The second-order valence-electron chi connectivity index (χ2n) is 5.10. The lowest BCUT2D eigenvalue weighted by atomic mass is 10.2. The molecule has 0 fully saturated rings. The maximum absolute atomic E-state index is 11.8. The third-order valence-electron chi connectivity index (χ3n) is 3.33. The van der Waals surface area contributed by atoms with Crippen molar-refractivity contribution >= 4 is 11.7 Å². The van der Waals surface area contributed by atoms with Gasteiger partial charge in [-0.1, -0.05) is 25.5 Å². The van der Waals surface area contributed by atoms with E-state index in [-0.39, 0.29) is 5.91 Å². The van der Waals surface area contributed by atoms with Gasteiger partial charge in [0.05, 0.1) is 19.5 Å². The van der Waals surface area contributed by atoms with Crippen molar-refractivity contribution in [3.05, 3.63) is 47.9 Å². The molecular formula is C17H22N4O2. The van der Waals surface area contributed by atoms with Crippen LogP contribution in [0.3, 0.4) is 0 Å². The highest BCUT2D eigenvalue weighted by Gasteiger charge is 2.07. The summed E-state index contributed by atoms with van der Waals surface area (Å²) in [6, 6.07) is 7.78. The molecule has 0 spiro atoms. The number of nitrogens with one attached hydrogen (secondary N) is 2. The van der Waals surface area contributed by atoms with Gasteiger partial charge in [0.1, 0.15) is 17.3 Å². The molecule has 0 aliphatic heterocycles. The fourth-order valence-electron chi connectivity index (χ4n) is 1.94. The van der Waals surface area contributed by atoms with Crippen LogP contribution in [0, 0.1) is 0 Å². The fourth-order valence-corrected chi connectivity index (χ4v) is 1.94. The van der Waals surface area contributed by atoms with E-state index in [1.54, 1.807) is 13.3 Å². The maximum atomic E-state index is 11.8. The zero-order valence-electron chi connectivity index (χ0n) is 13.5. The van der Waals surface area contributed by atoms with Crippen LogP contribution in [0.1, 0.15) is 35.8 Å². The van der Waals surface area contributed by atoms with Crippen molar-refractivity contribution in [2.45, 2.75) is 26.3 Å². The molecule has 0 aliphatic rings. The quantitative estimate of drug-likeness (QED) is 0.733. The van der Waals surface area contributed by atoms with Gasteiger partial charge in [0, 0.05) is 13.1 Å². The second-order valence-corrected chi connectivity index (χ2v) is 5.10. The largest absolute Gasteiger partial charge is 0.497 e. The Hall–Kier alpha value is -2.63. The summed E-state index contributed by atoms with van der Waals surface area (Å²) in [6.45, 7) is 3.37. The monoisotopic (exact) mass is 314 g/mol. The van der Waals surface area contributed by atoms with Crippen molar-refractivity contribution in [2.75, 3.05) is 19.0 Å². The third-order valence-corrected chi connectivity index (χ3v) is 3.33. The van der Waals surface area contributed by atoms with E-state index in [9.17, 15) is 4.79 Å². The minimum absolute atomic E-state index is 0.187. The topological polar surface area (TPSA) is 76.1 Å². The molecule has 2 N–H and O–H groups in total. The van der Waals surface area contributed by atoms with Crippen LogP contribution in [0.4, 0.5) is 5.82 Å². The molecule has 0 aliphatic carbocycles. The first-order valence-electron chi connectivity index (χ1n) is 7.70. The van der Waals surface area contributed by atoms with Gasteiger partial charge in [-0.05, 0) is 24.1 Å². The Bertz CT molecular complexity index is 611. The van der Waals surface area contributed by atoms with Gasteiger partial charge in [-0.3, -0.25) is 4.79 Å². The highest BCUT2D eigenvalue weighted by Crippen LogP contribution is 2.12. The number of benzene rings is 1. The van der Waals surface area contributed by atoms with E-state index in [0.29, 0.717) is 24.6 Å². The molecule has 2 aromatic rings. The van der Waals surface area contributed by atoms with Crippen LogP contribution in [0.25, 0.3) is 0 Å². The van der Waals surface area contributed by atoms with E-state index in [4.69, 9.17) is 4.74 Å². The van der Waals surface area contributed by atoms with Crippen LogP contribution < -0.4 is 15.4 Å². The predicted octanol–water partition coefficient (Wildman–Crippen LogP) is 2.63. The highest BCUT2D eigenvalue weighted by molar-refractivity contribution is 5.91. The van der Waals surface area contributed by atoms with Crippen molar-refractivity contribution in [1.29, 1.82) is 0 Å². The summed E-state index contributed by atoms with van der Waals surface area (Å²) in [5, 5.41) is 5.99. The number of anilines is 1. The molecule has 0 saturated carbocycles. The average Bonchev–Trinajstić information content (AvgIpc) is 2.61. The standard InChI is InChI=1S/C17H22N4O2/c1-3-4-9-18-17(22)15-11-21-16(12-19-15)20-10-13-5-7-14(23-2)8-6-13/h5-8,11-12H,3-4,9-10H2,1-2H3,(H,18,22)(H,20,21). The van der Waals surface area contributed by atoms with Crippen molar-refractivity contribution in [3.8, 4) is 5.75 Å². The van der Waals surface area contributed by atoms with Gasteiger partial charge < -0.3 is 15.4 Å². The number of hydrogen-bond donors (Lipinski definition) is 2. The first kappa shape index (κ1) is 16.7. The van der Waals surface area contributed by atoms with Gasteiger partial charge in [-0.15, -0.1) is 0 Å². The Morgan fingerprint density at radius 2 is 1.96 bits per heavy atom. The minimum atomic E-state index is -0.187. The summed E-state index contributed by atoms with van der Waals surface area (Å²) in [6.07, 6.45) is 5.05. The molecule has 6 heteroatoms. The Labute approximate surface area is 136 Å². The SMILES string of the molecule is CCCCNC(=O)c1cnc(NCc2ccc(OC)cc2)cn1. The summed E-state index contributed by atoms with van der Waals surface area (Å²) in [5.41, 5.74) is 1.44. The first-order chi connectivity index (χ1) is 11.2. The van der Waals surface area contributed by atoms with Gasteiger partial charge in [-0.25, -0.2) is 9.97 Å². The van der Waals surface area contributed by atoms with Crippen molar-refractivity contribution in [2.24, 2.45) is 0 Å². The molecule has 0 unspecified atom stereocenters.